The number of H-pyrrole nitrogens is 1. The fraction of sp³-hybridized carbons (Fsp3) is 0.389. The third-order valence-corrected chi connectivity index (χ3v) is 7.46. The van der Waals surface area contributed by atoms with Gasteiger partial charge in [0.05, 0.1) is 17.6 Å². The molecule has 2 aromatic rings. The number of alkyl halides is 4. The van der Waals surface area contributed by atoms with E-state index < -0.39 is 32.9 Å². The third kappa shape index (κ3) is 5.25. The highest BCUT2D eigenvalue weighted by molar-refractivity contribution is 9.10. The van der Waals surface area contributed by atoms with Gasteiger partial charge < -0.3 is 4.74 Å². The van der Waals surface area contributed by atoms with E-state index in [0.717, 1.165) is 0 Å². The minimum atomic E-state index is -4.71. The zero-order valence-corrected chi connectivity index (χ0v) is 18.8. The second-order valence-corrected chi connectivity index (χ2v) is 10.2. The Morgan fingerprint density at radius 2 is 2.17 bits per heavy atom. The molecule has 0 bridgehead atoms. The molecule has 164 valence electrons. The summed E-state index contributed by atoms with van der Waals surface area (Å²) in [5, 5.41) is 3.87. The van der Waals surface area contributed by atoms with E-state index >= 15 is 0 Å². The normalized spacial score (nSPS) is 21.1. The van der Waals surface area contributed by atoms with Gasteiger partial charge in [0.1, 0.15) is 5.25 Å². The molecule has 1 aromatic heterocycles. The minimum Gasteiger partial charge on any atom is -0.359 e. The summed E-state index contributed by atoms with van der Waals surface area (Å²) in [5.41, 5.74) is 0.793. The van der Waals surface area contributed by atoms with Crippen LogP contribution in [0.2, 0.25) is 0 Å². The van der Waals surface area contributed by atoms with Crippen molar-refractivity contribution < 1.29 is 26.3 Å². The molecule has 1 heterocycles. The molecule has 3 rings (SSSR count). The second-order valence-electron chi connectivity index (χ2n) is 6.75. The zero-order chi connectivity index (χ0) is 22.2. The molecule has 2 atom stereocenters. The monoisotopic (exact) mass is 527 g/mol. The Morgan fingerprint density at radius 3 is 2.77 bits per heavy atom. The van der Waals surface area contributed by atoms with Gasteiger partial charge in [-0.15, -0.1) is 0 Å². The van der Waals surface area contributed by atoms with E-state index in [0.29, 0.717) is 27.4 Å². The van der Waals surface area contributed by atoms with Gasteiger partial charge >= 0.3 is 6.18 Å². The Kier molecular flexibility index (Phi) is 6.68. The summed E-state index contributed by atoms with van der Waals surface area (Å²) in [6.07, 6.45) is -1.19. The third-order valence-electron chi connectivity index (χ3n) is 4.68. The second kappa shape index (κ2) is 8.62. The van der Waals surface area contributed by atoms with Crippen molar-refractivity contribution in [3.8, 4) is 0 Å². The van der Waals surface area contributed by atoms with Gasteiger partial charge in [-0.3, -0.25) is 5.10 Å². The van der Waals surface area contributed by atoms with Crippen LogP contribution in [-0.4, -0.2) is 43.5 Å². The molecule has 2 unspecified atom stereocenters. The SMILES string of the molecule is COC1(Cl)C=CC(CNS(=O)(=O)C(CC(F)(F)F)c2n[nH]c3c(Br)cccc23)=CC1. The smallest absolute Gasteiger partial charge is 0.359 e. The molecule has 0 spiro atoms. The summed E-state index contributed by atoms with van der Waals surface area (Å²) in [4.78, 5) is 0. The highest BCUT2D eigenvalue weighted by atomic mass is 79.9. The molecule has 6 nitrogen and oxygen atoms in total. The first-order chi connectivity index (χ1) is 13.9. The maximum atomic E-state index is 13.2. The molecule has 1 aromatic carbocycles. The Hall–Kier alpha value is -1.40. The Balaban J connectivity index is 1.88. The number of halogens is 5. The fourth-order valence-electron chi connectivity index (χ4n) is 3.04. The molecule has 1 aliphatic rings. The number of rotatable bonds is 7. The molecule has 12 heteroatoms. The predicted molar refractivity (Wildman–Crippen MR) is 112 cm³/mol. The number of aromatic nitrogens is 2. The highest BCUT2D eigenvalue weighted by Crippen LogP contribution is 2.38. The number of ether oxygens (including phenoxy) is 1. The van der Waals surface area contributed by atoms with Crippen LogP contribution in [-0.2, 0) is 14.8 Å². The number of methoxy groups -OCH3 is 1. The van der Waals surface area contributed by atoms with E-state index in [2.05, 4.69) is 30.8 Å². The molecule has 1 aliphatic carbocycles. The van der Waals surface area contributed by atoms with Crippen LogP contribution < -0.4 is 4.72 Å². The Labute approximate surface area is 184 Å². The molecule has 30 heavy (non-hydrogen) atoms. The number of sulfonamides is 1. The lowest BCUT2D eigenvalue weighted by atomic mass is 10.0. The molecule has 0 saturated heterocycles. The standard InChI is InChI=1S/C18H18BrClF3N3O3S/c1-29-17(20)7-5-11(6-8-17)10-24-30(27,28)14(9-18(21,22)23)16-12-3-2-4-13(19)15(12)25-26-16/h2-7,14,24H,8-10H2,1H3,(H,25,26). The molecular formula is C18H18BrClF3N3O3S. The van der Waals surface area contributed by atoms with Crippen LogP contribution in [0.3, 0.4) is 0 Å². The molecule has 0 aliphatic heterocycles. The number of nitrogens with zero attached hydrogens (tertiary/aromatic N) is 1. The van der Waals surface area contributed by atoms with Crippen molar-refractivity contribution in [1.29, 1.82) is 0 Å². The van der Waals surface area contributed by atoms with Crippen LogP contribution in [0.25, 0.3) is 10.9 Å². The summed E-state index contributed by atoms with van der Waals surface area (Å²) >= 11 is 9.42. The lowest BCUT2D eigenvalue weighted by Gasteiger charge is -2.24. The number of hydrogen-bond acceptors (Lipinski definition) is 4. The number of para-hydroxylation sites is 1. The van der Waals surface area contributed by atoms with Crippen molar-refractivity contribution in [2.75, 3.05) is 13.7 Å². The van der Waals surface area contributed by atoms with Crippen molar-refractivity contribution >= 4 is 48.5 Å². The van der Waals surface area contributed by atoms with E-state index in [1.807, 2.05) is 0 Å². The summed E-state index contributed by atoms with van der Waals surface area (Å²) in [5.74, 6) is 0. The van der Waals surface area contributed by atoms with Gasteiger partial charge in [0.25, 0.3) is 0 Å². The van der Waals surface area contributed by atoms with Gasteiger partial charge in [-0.1, -0.05) is 35.9 Å². The zero-order valence-electron chi connectivity index (χ0n) is 15.6. The summed E-state index contributed by atoms with van der Waals surface area (Å²) < 4.78 is 73.4. The molecular weight excluding hydrogens is 511 g/mol. The number of benzene rings is 1. The maximum absolute atomic E-state index is 13.2. The molecule has 0 saturated carbocycles. The van der Waals surface area contributed by atoms with Crippen LogP contribution in [0.5, 0.6) is 0 Å². The van der Waals surface area contributed by atoms with Crippen LogP contribution in [0.15, 0.2) is 46.5 Å². The van der Waals surface area contributed by atoms with E-state index in [9.17, 15) is 21.6 Å². The Bertz CT molecular complexity index is 1100. The topological polar surface area (TPSA) is 84.1 Å². The van der Waals surface area contributed by atoms with Crippen molar-refractivity contribution in [2.45, 2.75) is 29.3 Å². The van der Waals surface area contributed by atoms with Gasteiger partial charge in [-0.2, -0.15) is 18.3 Å². The lowest BCUT2D eigenvalue weighted by molar-refractivity contribution is -0.135. The van der Waals surface area contributed by atoms with Crippen LogP contribution >= 0.6 is 27.5 Å². The van der Waals surface area contributed by atoms with Crippen LogP contribution in [0.1, 0.15) is 23.8 Å². The first kappa shape index (κ1) is 23.3. The van der Waals surface area contributed by atoms with E-state index in [-0.39, 0.29) is 12.2 Å². The molecule has 0 amide bonds. The lowest BCUT2D eigenvalue weighted by Crippen LogP contribution is -2.34. The number of aromatic amines is 1. The van der Waals surface area contributed by atoms with Crippen molar-refractivity contribution in [3.05, 3.63) is 52.2 Å². The number of nitrogens with one attached hydrogen (secondary N) is 2. The van der Waals surface area contributed by atoms with Gasteiger partial charge in [-0.25, -0.2) is 13.1 Å². The Morgan fingerprint density at radius 1 is 1.43 bits per heavy atom. The van der Waals surface area contributed by atoms with Gasteiger partial charge in [0.15, 0.2) is 5.06 Å². The number of hydrogen-bond donors (Lipinski definition) is 2. The summed E-state index contributed by atoms with van der Waals surface area (Å²) in [7, 11) is -2.99. The highest BCUT2D eigenvalue weighted by Gasteiger charge is 2.41. The molecule has 0 fully saturated rings. The minimum absolute atomic E-state index is 0.185. The van der Waals surface area contributed by atoms with Crippen molar-refractivity contribution in [1.82, 2.24) is 14.9 Å². The van der Waals surface area contributed by atoms with Crippen molar-refractivity contribution in [3.63, 3.8) is 0 Å². The van der Waals surface area contributed by atoms with Crippen molar-refractivity contribution in [2.24, 2.45) is 0 Å². The summed E-state index contributed by atoms with van der Waals surface area (Å²) in [6.45, 7) is -0.185. The average Bonchev–Trinajstić information content (AvgIpc) is 3.10. The molecule has 2 N–H and O–H groups in total. The number of fused-ring (bicyclic) bond motifs is 1. The maximum Gasteiger partial charge on any atom is 0.390 e. The quantitative estimate of drug-likeness (QED) is 0.510. The predicted octanol–water partition coefficient (Wildman–Crippen LogP) is 4.71. The van der Waals surface area contributed by atoms with Crippen LogP contribution in [0, 0.1) is 0 Å². The van der Waals surface area contributed by atoms with E-state index in [4.69, 9.17) is 16.3 Å². The molecule has 0 radical (unpaired) electrons. The van der Waals surface area contributed by atoms with E-state index in [1.54, 1.807) is 30.4 Å². The average molecular weight is 529 g/mol. The van der Waals surface area contributed by atoms with Crippen LogP contribution in [0.4, 0.5) is 13.2 Å². The fourth-order valence-corrected chi connectivity index (χ4v) is 5.09. The first-order valence-electron chi connectivity index (χ1n) is 8.74. The van der Waals surface area contributed by atoms with Gasteiger partial charge in [-0.05, 0) is 33.6 Å². The first-order valence-corrected chi connectivity index (χ1v) is 11.5. The largest absolute Gasteiger partial charge is 0.390 e. The van der Waals surface area contributed by atoms with Gasteiger partial charge in [0, 0.05) is 29.9 Å². The van der Waals surface area contributed by atoms with Gasteiger partial charge in [0.2, 0.25) is 10.0 Å². The summed E-state index contributed by atoms with van der Waals surface area (Å²) in [6, 6.07) is 4.80. The van der Waals surface area contributed by atoms with E-state index in [1.165, 1.54) is 13.2 Å².